The molecule has 3 rings (SSSR count). The van der Waals surface area contributed by atoms with Gasteiger partial charge in [-0.15, -0.1) is 0 Å². The number of carbonyl (C=O) groups excluding carboxylic acids is 1. The Hall–Kier alpha value is -2.69. The van der Waals surface area contributed by atoms with Crippen molar-refractivity contribution in [2.75, 3.05) is 0 Å². The summed E-state index contributed by atoms with van der Waals surface area (Å²) in [6, 6.07) is 8.73. The van der Waals surface area contributed by atoms with Gasteiger partial charge in [0.2, 0.25) is 0 Å². The first-order valence-electron chi connectivity index (χ1n) is 7.40. The maximum absolute atomic E-state index is 12.7. The van der Waals surface area contributed by atoms with Crippen LogP contribution in [0.3, 0.4) is 0 Å². The van der Waals surface area contributed by atoms with Gasteiger partial charge in [-0.05, 0) is 29.5 Å². The summed E-state index contributed by atoms with van der Waals surface area (Å²) in [4.78, 5) is 36.8. The largest absolute Gasteiger partial charge is 0.477 e. The molecule has 0 fully saturated rings. The number of fused-ring (bicyclic) bond motifs is 1. The molecular weight excluding hydrogens is 294 g/mol. The molecule has 0 unspecified atom stereocenters. The van der Waals surface area contributed by atoms with Gasteiger partial charge in [0.1, 0.15) is 5.56 Å². The van der Waals surface area contributed by atoms with Gasteiger partial charge in [0.25, 0.3) is 5.56 Å². The summed E-state index contributed by atoms with van der Waals surface area (Å²) in [6.45, 7) is 3.81. The lowest BCUT2D eigenvalue weighted by Crippen LogP contribution is -2.35. The van der Waals surface area contributed by atoms with Crippen LogP contribution in [0.1, 0.15) is 46.5 Å². The summed E-state index contributed by atoms with van der Waals surface area (Å²) in [7, 11) is 0. The Morgan fingerprint density at radius 1 is 1.13 bits per heavy atom. The fraction of sp³-hybridized carbons (Fsp3) is 0.278. The Balaban J connectivity index is 2.35. The number of carboxylic acids is 1. The highest BCUT2D eigenvalue weighted by Gasteiger charge is 2.35. The van der Waals surface area contributed by atoms with Gasteiger partial charge in [-0.2, -0.15) is 0 Å². The topological polar surface area (TPSA) is 76.4 Å². The Labute approximate surface area is 133 Å². The molecule has 0 saturated heterocycles. The predicted octanol–water partition coefficient (Wildman–Crippen LogP) is 2.69. The molecule has 1 aromatic carbocycles. The van der Waals surface area contributed by atoms with Crippen molar-refractivity contribution in [2.45, 2.75) is 26.7 Å². The number of nitrogens with zero attached hydrogens (tertiary/aromatic N) is 1. The minimum Gasteiger partial charge on any atom is -0.477 e. The molecule has 23 heavy (non-hydrogen) atoms. The molecule has 0 radical (unpaired) electrons. The normalized spacial score (nSPS) is 16.0. The number of carboxylic acid groups (broad SMARTS) is 1. The first-order valence-corrected chi connectivity index (χ1v) is 7.40. The molecular formula is C18H17NO4. The summed E-state index contributed by atoms with van der Waals surface area (Å²) < 4.78 is 1.25. The number of carbonyl (C=O) groups is 2. The average molecular weight is 311 g/mol. The maximum atomic E-state index is 12.7. The van der Waals surface area contributed by atoms with Crippen LogP contribution in [-0.4, -0.2) is 21.4 Å². The Bertz CT molecular complexity index is 863. The van der Waals surface area contributed by atoms with Crippen molar-refractivity contribution in [1.82, 2.24) is 4.57 Å². The van der Waals surface area contributed by atoms with Crippen molar-refractivity contribution in [3.05, 3.63) is 63.6 Å². The average Bonchev–Trinajstić information content (AvgIpc) is 2.46. The van der Waals surface area contributed by atoms with Crippen LogP contribution in [0.5, 0.6) is 0 Å². The van der Waals surface area contributed by atoms with Crippen molar-refractivity contribution < 1.29 is 14.7 Å². The summed E-state index contributed by atoms with van der Waals surface area (Å²) in [5, 5.41) is 9.52. The minimum atomic E-state index is -1.29. The van der Waals surface area contributed by atoms with E-state index in [2.05, 4.69) is 0 Å². The summed E-state index contributed by atoms with van der Waals surface area (Å²) >= 11 is 0. The van der Waals surface area contributed by atoms with E-state index in [1.165, 1.54) is 10.8 Å². The Morgan fingerprint density at radius 3 is 2.39 bits per heavy atom. The van der Waals surface area contributed by atoms with Gasteiger partial charge >= 0.3 is 5.97 Å². The molecule has 0 atom stereocenters. The number of hydrogen-bond donors (Lipinski definition) is 1. The van der Waals surface area contributed by atoms with Crippen LogP contribution < -0.4 is 5.56 Å². The summed E-state index contributed by atoms with van der Waals surface area (Å²) in [5.41, 5.74) is -0.0124. The zero-order valence-electron chi connectivity index (χ0n) is 13.0. The van der Waals surface area contributed by atoms with Gasteiger partial charge in [-0.25, -0.2) is 4.79 Å². The molecule has 0 bridgehead atoms. The zero-order chi connectivity index (χ0) is 16.8. The molecule has 0 amide bonds. The van der Waals surface area contributed by atoms with Gasteiger partial charge in [0, 0.05) is 23.9 Å². The first-order chi connectivity index (χ1) is 10.8. The van der Waals surface area contributed by atoms with E-state index >= 15 is 0 Å². The lowest BCUT2D eigenvalue weighted by molar-refractivity contribution is 0.0692. The standard InChI is InChI=1S/C18H17NO4/c1-18(2)8-12-13(14(20)9-18)10-19(11-6-4-3-5-7-11)16(21)15(12)17(22)23/h3-7,10H,8-9H2,1-2H3,(H,22,23). The highest BCUT2D eigenvalue weighted by Crippen LogP contribution is 2.35. The van der Waals surface area contributed by atoms with E-state index in [0.717, 1.165) is 0 Å². The van der Waals surface area contributed by atoms with Gasteiger partial charge in [-0.3, -0.25) is 14.2 Å². The van der Waals surface area contributed by atoms with Crippen molar-refractivity contribution in [3.63, 3.8) is 0 Å². The van der Waals surface area contributed by atoms with E-state index < -0.39 is 11.5 Å². The third kappa shape index (κ3) is 2.59. The van der Waals surface area contributed by atoms with Gasteiger partial charge < -0.3 is 5.11 Å². The van der Waals surface area contributed by atoms with Crippen LogP contribution in [-0.2, 0) is 6.42 Å². The second-order valence-electron chi connectivity index (χ2n) is 6.65. The van der Waals surface area contributed by atoms with E-state index in [0.29, 0.717) is 29.7 Å². The van der Waals surface area contributed by atoms with Crippen LogP contribution in [0, 0.1) is 5.41 Å². The number of ketones is 1. The molecule has 1 aliphatic carbocycles. The first kappa shape index (κ1) is 15.2. The third-order valence-electron chi connectivity index (χ3n) is 4.16. The zero-order valence-corrected chi connectivity index (χ0v) is 13.0. The second-order valence-corrected chi connectivity index (χ2v) is 6.65. The van der Waals surface area contributed by atoms with E-state index in [1.54, 1.807) is 30.3 Å². The molecule has 1 heterocycles. The van der Waals surface area contributed by atoms with Crippen LogP contribution in [0.4, 0.5) is 0 Å². The molecule has 0 saturated carbocycles. The SMILES string of the molecule is CC1(C)CC(=O)c2cn(-c3ccccc3)c(=O)c(C(=O)O)c2C1. The van der Waals surface area contributed by atoms with Crippen molar-refractivity contribution in [1.29, 1.82) is 0 Å². The summed E-state index contributed by atoms with van der Waals surface area (Å²) in [5.74, 6) is -1.41. The Morgan fingerprint density at radius 2 is 1.78 bits per heavy atom. The summed E-state index contributed by atoms with van der Waals surface area (Å²) in [6.07, 6.45) is 2.23. The number of Topliss-reactive ketones (excluding diaryl/α,β-unsaturated/α-hetero) is 1. The van der Waals surface area contributed by atoms with Crippen LogP contribution in [0.2, 0.25) is 0 Å². The van der Waals surface area contributed by atoms with E-state index in [1.807, 2.05) is 13.8 Å². The number of para-hydroxylation sites is 1. The highest BCUT2D eigenvalue weighted by molar-refractivity contribution is 6.02. The van der Waals surface area contributed by atoms with Crippen LogP contribution in [0.25, 0.3) is 5.69 Å². The monoisotopic (exact) mass is 311 g/mol. The van der Waals surface area contributed by atoms with Crippen LogP contribution in [0.15, 0.2) is 41.3 Å². The lowest BCUT2D eigenvalue weighted by atomic mass is 9.73. The molecule has 5 heteroatoms. The van der Waals surface area contributed by atoms with Crippen molar-refractivity contribution >= 4 is 11.8 Å². The molecule has 0 spiro atoms. The highest BCUT2D eigenvalue weighted by atomic mass is 16.4. The van der Waals surface area contributed by atoms with E-state index in [9.17, 15) is 19.5 Å². The minimum absolute atomic E-state index is 0.122. The molecule has 2 aromatic rings. The number of pyridine rings is 1. The Kier molecular flexibility index (Phi) is 3.43. The molecule has 1 N–H and O–H groups in total. The third-order valence-corrected chi connectivity index (χ3v) is 4.16. The van der Waals surface area contributed by atoms with Crippen molar-refractivity contribution in [2.24, 2.45) is 5.41 Å². The molecule has 1 aliphatic rings. The number of aromatic carboxylic acids is 1. The fourth-order valence-corrected chi connectivity index (χ4v) is 3.15. The van der Waals surface area contributed by atoms with Gasteiger partial charge in [0.05, 0.1) is 0 Å². The quantitative estimate of drug-likeness (QED) is 0.925. The predicted molar refractivity (Wildman–Crippen MR) is 85.4 cm³/mol. The van der Waals surface area contributed by atoms with Gasteiger partial charge in [0.15, 0.2) is 5.78 Å². The molecule has 5 nitrogen and oxygen atoms in total. The lowest BCUT2D eigenvalue weighted by Gasteiger charge is -2.31. The number of hydrogen-bond acceptors (Lipinski definition) is 3. The molecule has 0 aliphatic heterocycles. The number of benzene rings is 1. The fourth-order valence-electron chi connectivity index (χ4n) is 3.15. The second kappa shape index (κ2) is 5.19. The number of rotatable bonds is 2. The van der Waals surface area contributed by atoms with E-state index in [-0.39, 0.29) is 16.8 Å². The molecule has 118 valence electrons. The van der Waals surface area contributed by atoms with Crippen LogP contribution >= 0.6 is 0 Å². The molecule has 1 aromatic heterocycles. The smallest absolute Gasteiger partial charge is 0.341 e. The van der Waals surface area contributed by atoms with E-state index in [4.69, 9.17) is 0 Å². The number of aromatic nitrogens is 1. The van der Waals surface area contributed by atoms with Crippen molar-refractivity contribution in [3.8, 4) is 5.69 Å². The van der Waals surface area contributed by atoms with Gasteiger partial charge in [-0.1, -0.05) is 32.0 Å². The maximum Gasteiger partial charge on any atom is 0.341 e.